The number of rotatable bonds is 5. The van der Waals surface area contributed by atoms with E-state index in [-0.39, 0.29) is 16.8 Å². The van der Waals surface area contributed by atoms with Gasteiger partial charge in [0.1, 0.15) is 6.10 Å². The topological polar surface area (TPSA) is 104 Å². The van der Waals surface area contributed by atoms with Crippen molar-refractivity contribution >= 4 is 27.6 Å². The van der Waals surface area contributed by atoms with Crippen LogP contribution in [0.1, 0.15) is 28.4 Å². The summed E-state index contributed by atoms with van der Waals surface area (Å²) in [6.45, 7) is 0. The number of anilines is 1. The van der Waals surface area contributed by atoms with Crippen molar-refractivity contribution in [2.24, 2.45) is 0 Å². The molecule has 5 N–H and O–H groups in total. The van der Waals surface area contributed by atoms with E-state index in [0.29, 0.717) is 11.8 Å². The molecule has 0 aliphatic carbocycles. The van der Waals surface area contributed by atoms with Crippen molar-refractivity contribution in [2.45, 2.75) is 18.6 Å². The van der Waals surface area contributed by atoms with E-state index in [0.717, 1.165) is 0 Å². The second-order valence-electron chi connectivity index (χ2n) is 3.60. The van der Waals surface area contributed by atoms with Crippen LogP contribution in [0.5, 0.6) is 0 Å². The number of para-hydroxylation sites is 1. The van der Waals surface area contributed by atoms with Gasteiger partial charge in [0.15, 0.2) is 0 Å². The molecule has 0 saturated carbocycles. The number of aliphatic hydroxyl groups excluding tert-OH is 2. The van der Waals surface area contributed by atoms with Crippen LogP contribution in [0, 0.1) is 0 Å². The molecule has 0 spiro atoms. The first-order valence-corrected chi connectivity index (χ1v) is 6.15. The maximum absolute atomic E-state index is 10.9. The second-order valence-corrected chi connectivity index (χ2v) is 4.40. The molecule has 94 valence electrons. The standard InChI is InChI=1S/C11H14BrNO4/c12-5-4-8(14)10(15)6-2-1-3-7(9(6)13)11(16)17/h1-3,8,10,14-15H,4-5,13H2,(H,16,17). The van der Waals surface area contributed by atoms with Gasteiger partial charge in [-0.05, 0) is 12.5 Å². The minimum absolute atomic E-state index is 0.0128. The number of hydrogen-bond donors (Lipinski definition) is 4. The third-order valence-electron chi connectivity index (χ3n) is 2.46. The third kappa shape index (κ3) is 3.18. The Bertz CT molecular complexity index is 410. The monoisotopic (exact) mass is 303 g/mol. The van der Waals surface area contributed by atoms with Crippen molar-refractivity contribution in [3.8, 4) is 0 Å². The number of hydrogen-bond acceptors (Lipinski definition) is 4. The highest BCUT2D eigenvalue weighted by molar-refractivity contribution is 9.09. The number of carboxylic acid groups (broad SMARTS) is 1. The lowest BCUT2D eigenvalue weighted by molar-refractivity contribution is 0.0177. The van der Waals surface area contributed by atoms with E-state index in [1.54, 1.807) is 0 Å². The van der Waals surface area contributed by atoms with Gasteiger partial charge in [0, 0.05) is 10.9 Å². The number of halogens is 1. The zero-order valence-electron chi connectivity index (χ0n) is 9.01. The number of carbonyl (C=O) groups is 1. The van der Waals surface area contributed by atoms with Gasteiger partial charge in [-0.25, -0.2) is 4.79 Å². The summed E-state index contributed by atoms with van der Waals surface area (Å²) >= 11 is 3.15. The third-order valence-corrected chi connectivity index (χ3v) is 2.92. The molecule has 6 heteroatoms. The van der Waals surface area contributed by atoms with Gasteiger partial charge in [0.2, 0.25) is 0 Å². The first-order chi connectivity index (χ1) is 7.99. The van der Waals surface area contributed by atoms with Crippen molar-refractivity contribution in [3.63, 3.8) is 0 Å². The van der Waals surface area contributed by atoms with Crippen LogP contribution in [0.2, 0.25) is 0 Å². The number of aromatic carboxylic acids is 1. The molecule has 0 saturated heterocycles. The van der Waals surface area contributed by atoms with Gasteiger partial charge < -0.3 is 21.1 Å². The molecule has 1 aromatic carbocycles. The van der Waals surface area contributed by atoms with Crippen LogP contribution >= 0.6 is 15.9 Å². The minimum atomic E-state index is -1.19. The van der Waals surface area contributed by atoms with Crippen molar-refractivity contribution in [1.29, 1.82) is 0 Å². The fourth-order valence-corrected chi connectivity index (χ4v) is 1.97. The SMILES string of the molecule is Nc1c(C(=O)O)cccc1C(O)C(O)CCBr. The average molecular weight is 304 g/mol. The highest BCUT2D eigenvalue weighted by Gasteiger charge is 2.22. The summed E-state index contributed by atoms with van der Waals surface area (Å²) in [6, 6.07) is 4.34. The zero-order valence-corrected chi connectivity index (χ0v) is 10.6. The summed E-state index contributed by atoms with van der Waals surface area (Å²) in [6.07, 6.45) is -1.83. The summed E-state index contributed by atoms with van der Waals surface area (Å²) < 4.78 is 0. The van der Waals surface area contributed by atoms with Crippen molar-refractivity contribution in [1.82, 2.24) is 0 Å². The molecule has 1 rings (SSSR count). The molecule has 0 radical (unpaired) electrons. The van der Waals surface area contributed by atoms with Gasteiger partial charge in [-0.1, -0.05) is 28.1 Å². The molecular formula is C11H14BrNO4. The predicted molar refractivity (Wildman–Crippen MR) is 67.2 cm³/mol. The van der Waals surface area contributed by atoms with Gasteiger partial charge in [-0.3, -0.25) is 0 Å². The van der Waals surface area contributed by atoms with Crippen molar-refractivity contribution in [2.75, 3.05) is 11.1 Å². The Morgan fingerprint density at radius 1 is 1.41 bits per heavy atom. The van der Waals surface area contributed by atoms with E-state index in [1.807, 2.05) is 0 Å². The maximum atomic E-state index is 10.9. The molecule has 0 fully saturated rings. The fourth-order valence-electron chi connectivity index (χ4n) is 1.50. The lowest BCUT2D eigenvalue weighted by Gasteiger charge is -2.19. The van der Waals surface area contributed by atoms with Crippen LogP contribution in [-0.2, 0) is 0 Å². The molecule has 0 aromatic heterocycles. The van der Waals surface area contributed by atoms with Crippen LogP contribution in [0.15, 0.2) is 18.2 Å². The Balaban J connectivity index is 3.06. The Kier molecular flexibility index (Phi) is 4.92. The van der Waals surface area contributed by atoms with Crippen LogP contribution in [0.3, 0.4) is 0 Å². The summed E-state index contributed by atoms with van der Waals surface area (Å²) in [5, 5.41) is 28.9. The molecule has 5 nitrogen and oxygen atoms in total. The molecule has 17 heavy (non-hydrogen) atoms. The summed E-state index contributed by atoms with van der Waals surface area (Å²) in [4.78, 5) is 10.9. The van der Waals surface area contributed by atoms with Gasteiger partial charge >= 0.3 is 5.97 Å². The van der Waals surface area contributed by atoms with E-state index < -0.39 is 18.2 Å². The van der Waals surface area contributed by atoms with Crippen molar-refractivity contribution < 1.29 is 20.1 Å². The molecule has 0 amide bonds. The molecule has 0 aliphatic rings. The van der Waals surface area contributed by atoms with E-state index in [1.165, 1.54) is 18.2 Å². The Hall–Kier alpha value is -1.11. The summed E-state index contributed by atoms with van der Waals surface area (Å²) in [5.41, 5.74) is 5.80. The van der Waals surface area contributed by atoms with Gasteiger partial charge in [-0.2, -0.15) is 0 Å². The molecular weight excluding hydrogens is 290 g/mol. The fraction of sp³-hybridized carbons (Fsp3) is 0.364. The molecule has 2 atom stereocenters. The van der Waals surface area contributed by atoms with Crippen LogP contribution in [0.25, 0.3) is 0 Å². The quantitative estimate of drug-likeness (QED) is 0.482. The van der Waals surface area contributed by atoms with Crippen LogP contribution < -0.4 is 5.73 Å². The normalized spacial score (nSPS) is 14.3. The molecule has 1 aromatic rings. The predicted octanol–water partition coefficient (Wildman–Crippen LogP) is 1.15. The largest absolute Gasteiger partial charge is 0.478 e. The van der Waals surface area contributed by atoms with E-state index in [9.17, 15) is 15.0 Å². The van der Waals surface area contributed by atoms with Crippen LogP contribution in [0.4, 0.5) is 5.69 Å². The molecule has 0 bridgehead atoms. The first-order valence-electron chi connectivity index (χ1n) is 5.02. The minimum Gasteiger partial charge on any atom is -0.478 e. The summed E-state index contributed by atoms with van der Waals surface area (Å²) in [7, 11) is 0. The number of aliphatic hydroxyl groups is 2. The number of alkyl halides is 1. The van der Waals surface area contributed by atoms with E-state index in [4.69, 9.17) is 10.8 Å². The van der Waals surface area contributed by atoms with E-state index >= 15 is 0 Å². The van der Waals surface area contributed by atoms with Crippen LogP contribution in [-0.4, -0.2) is 32.7 Å². The number of benzene rings is 1. The molecule has 2 unspecified atom stereocenters. The molecule has 0 heterocycles. The first kappa shape index (κ1) is 14.0. The maximum Gasteiger partial charge on any atom is 0.337 e. The molecule has 0 aliphatic heterocycles. The zero-order chi connectivity index (χ0) is 13.0. The lowest BCUT2D eigenvalue weighted by Crippen LogP contribution is -2.20. The number of nitrogens with two attached hydrogens (primary N) is 1. The van der Waals surface area contributed by atoms with Gasteiger partial charge in [0.05, 0.1) is 17.4 Å². The van der Waals surface area contributed by atoms with Gasteiger partial charge in [0.25, 0.3) is 0 Å². The van der Waals surface area contributed by atoms with Crippen molar-refractivity contribution in [3.05, 3.63) is 29.3 Å². The highest BCUT2D eigenvalue weighted by Crippen LogP contribution is 2.27. The Morgan fingerprint density at radius 2 is 2.06 bits per heavy atom. The Labute approximate surface area is 107 Å². The second kappa shape index (κ2) is 6.00. The summed E-state index contributed by atoms with van der Waals surface area (Å²) in [5.74, 6) is -1.16. The lowest BCUT2D eigenvalue weighted by atomic mass is 9.98. The average Bonchev–Trinajstić information content (AvgIpc) is 2.28. The highest BCUT2D eigenvalue weighted by atomic mass is 79.9. The number of carboxylic acids is 1. The number of nitrogen functional groups attached to an aromatic ring is 1. The van der Waals surface area contributed by atoms with E-state index in [2.05, 4.69) is 15.9 Å². The smallest absolute Gasteiger partial charge is 0.337 e. The Morgan fingerprint density at radius 3 is 2.59 bits per heavy atom. The van der Waals surface area contributed by atoms with Gasteiger partial charge in [-0.15, -0.1) is 0 Å².